The van der Waals surface area contributed by atoms with Crippen LogP contribution in [-0.2, 0) is 6.42 Å². The normalized spacial score (nSPS) is 13.1. The smallest absolute Gasteiger partial charge is 0.160 e. The summed E-state index contributed by atoms with van der Waals surface area (Å²) in [6.45, 7) is 4.56. The zero-order valence-corrected chi connectivity index (χ0v) is 19.6. The van der Waals surface area contributed by atoms with E-state index < -0.39 is 6.10 Å². The molecule has 0 aliphatic carbocycles. The van der Waals surface area contributed by atoms with Crippen molar-refractivity contribution in [2.24, 2.45) is 0 Å². The van der Waals surface area contributed by atoms with E-state index in [-0.39, 0.29) is 12.6 Å². The number of rotatable bonds is 12. The lowest BCUT2D eigenvalue weighted by atomic mass is 10.1. The van der Waals surface area contributed by atoms with Crippen molar-refractivity contribution in [2.45, 2.75) is 32.4 Å². The second-order valence-electron chi connectivity index (χ2n) is 7.91. The highest BCUT2D eigenvalue weighted by molar-refractivity contribution is 5.70. The van der Waals surface area contributed by atoms with Crippen LogP contribution >= 0.6 is 0 Å². The number of aromatic nitrogens is 1. The van der Waals surface area contributed by atoms with Crippen LogP contribution in [0.25, 0.3) is 12.2 Å². The van der Waals surface area contributed by atoms with Gasteiger partial charge in [0.1, 0.15) is 18.5 Å². The van der Waals surface area contributed by atoms with Crippen LogP contribution in [0.3, 0.4) is 0 Å². The Hall–Kier alpha value is -3.29. The second-order valence-corrected chi connectivity index (χ2v) is 7.91. The Morgan fingerprint density at radius 1 is 1.03 bits per heavy atom. The number of aliphatic hydroxyl groups is 1. The molecule has 2 unspecified atom stereocenters. The molecule has 176 valence electrons. The molecular formula is C26H32N2O5. The van der Waals surface area contributed by atoms with Gasteiger partial charge in [0.15, 0.2) is 17.3 Å². The van der Waals surface area contributed by atoms with E-state index in [0.717, 1.165) is 23.2 Å². The minimum atomic E-state index is -0.646. The van der Waals surface area contributed by atoms with Gasteiger partial charge in [0.25, 0.3) is 0 Å². The van der Waals surface area contributed by atoms with Crippen molar-refractivity contribution in [3.05, 3.63) is 71.1 Å². The quantitative estimate of drug-likeness (QED) is 0.427. The minimum absolute atomic E-state index is 0.165. The lowest BCUT2D eigenvalue weighted by molar-refractivity contribution is 0.104. The Balaban J connectivity index is 1.48. The van der Waals surface area contributed by atoms with Crippen LogP contribution < -0.4 is 19.5 Å². The maximum absolute atomic E-state index is 10.4. The van der Waals surface area contributed by atoms with Crippen LogP contribution in [-0.4, -0.2) is 49.8 Å². The molecule has 1 heterocycles. The van der Waals surface area contributed by atoms with Crippen LogP contribution in [0.15, 0.2) is 53.1 Å². The van der Waals surface area contributed by atoms with Crippen LogP contribution in [0, 0.1) is 6.92 Å². The Kier molecular flexibility index (Phi) is 8.92. The fourth-order valence-electron chi connectivity index (χ4n) is 3.40. The maximum Gasteiger partial charge on any atom is 0.160 e. The van der Waals surface area contributed by atoms with Crippen molar-refractivity contribution >= 4 is 12.2 Å². The summed E-state index contributed by atoms with van der Waals surface area (Å²) in [7, 11) is 3.25. The van der Waals surface area contributed by atoms with E-state index in [0.29, 0.717) is 29.6 Å². The van der Waals surface area contributed by atoms with Gasteiger partial charge in [-0.15, -0.1) is 0 Å². The number of nitrogens with zero attached hydrogens (tertiary/aromatic N) is 1. The van der Waals surface area contributed by atoms with Gasteiger partial charge in [-0.05, 0) is 56.2 Å². The van der Waals surface area contributed by atoms with E-state index in [1.165, 1.54) is 0 Å². The predicted octanol–water partition coefficient (Wildman–Crippen LogP) is 4.13. The molecular weight excluding hydrogens is 420 g/mol. The molecule has 1 aromatic heterocycles. The first-order valence-electron chi connectivity index (χ1n) is 10.9. The lowest BCUT2D eigenvalue weighted by Crippen LogP contribution is -2.37. The van der Waals surface area contributed by atoms with Gasteiger partial charge in [0, 0.05) is 24.2 Å². The highest BCUT2D eigenvalue weighted by Gasteiger charge is 2.11. The van der Waals surface area contributed by atoms with E-state index in [1.54, 1.807) is 14.2 Å². The zero-order chi connectivity index (χ0) is 23.6. The first kappa shape index (κ1) is 24.4. The summed E-state index contributed by atoms with van der Waals surface area (Å²) in [5.74, 6) is 2.79. The Morgan fingerprint density at radius 3 is 2.55 bits per heavy atom. The maximum atomic E-state index is 10.4. The first-order chi connectivity index (χ1) is 16.0. The van der Waals surface area contributed by atoms with Crippen LogP contribution in [0.2, 0.25) is 0 Å². The average Bonchev–Trinajstić information content (AvgIpc) is 3.25. The molecule has 0 radical (unpaired) electrons. The number of ether oxygens (including phenoxy) is 3. The number of methoxy groups -OCH3 is 2. The van der Waals surface area contributed by atoms with Gasteiger partial charge in [-0.2, -0.15) is 0 Å². The van der Waals surface area contributed by atoms with Gasteiger partial charge in [-0.25, -0.2) is 0 Å². The van der Waals surface area contributed by atoms with E-state index in [1.807, 2.05) is 67.6 Å². The topological polar surface area (TPSA) is 86.0 Å². The molecule has 0 aliphatic heterocycles. The van der Waals surface area contributed by atoms with E-state index in [4.69, 9.17) is 18.7 Å². The molecule has 2 atom stereocenters. The lowest BCUT2D eigenvalue weighted by Gasteiger charge is -2.19. The predicted molar refractivity (Wildman–Crippen MR) is 129 cm³/mol. The summed E-state index contributed by atoms with van der Waals surface area (Å²) < 4.78 is 21.7. The molecule has 0 saturated heterocycles. The zero-order valence-electron chi connectivity index (χ0n) is 19.6. The summed E-state index contributed by atoms with van der Waals surface area (Å²) in [6.07, 6.45) is 3.90. The molecule has 0 amide bonds. The third-order valence-electron chi connectivity index (χ3n) is 5.12. The number of para-hydroxylation sites is 1. The van der Waals surface area contributed by atoms with Crippen molar-refractivity contribution in [3.8, 4) is 17.2 Å². The molecule has 0 saturated carbocycles. The largest absolute Gasteiger partial charge is 0.493 e. The molecule has 2 aromatic carbocycles. The summed E-state index contributed by atoms with van der Waals surface area (Å²) in [4.78, 5) is 0. The van der Waals surface area contributed by atoms with Gasteiger partial charge in [-0.3, -0.25) is 0 Å². The van der Waals surface area contributed by atoms with Crippen LogP contribution in [0.4, 0.5) is 0 Å². The van der Waals surface area contributed by atoms with Crippen molar-refractivity contribution in [1.82, 2.24) is 10.5 Å². The number of aryl methyl sites for hydroxylation is 1. The summed E-state index contributed by atoms with van der Waals surface area (Å²) in [5, 5.41) is 17.7. The molecule has 0 bridgehead atoms. The van der Waals surface area contributed by atoms with Gasteiger partial charge in [0.2, 0.25) is 0 Å². The molecule has 7 heteroatoms. The van der Waals surface area contributed by atoms with Gasteiger partial charge < -0.3 is 29.2 Å². The summed E-state index contributed by atoms with van der Waals surface area (Å²) >= 11 is 0. The van der Waals surface area contributed by atoms with Crippen molar-refractivity contribution in [2.75, 3.05) is 27.4 Å². The van der Waals surface area contributed by atoms with Gasteiger partial charge in [0.05, 0.1) is 19.9 Å². The SMILES string of the molecule is COc1ccc(CC(C)NCC(O)COc2ccccc2/C=C/c2cc(C)no2)cc1OC. The van der Waals surface area contributed by atoms with Gasteiger partial charge >= 0.3 is 0 Å². The Bertz CT molecular complexity index is 1050. The first-order valence-corrected chi connectivity index (χ1v) is 10.9. The number of hydrogen-bond acceptors (Lipinski definition) is 7. The number of aliphatic hydroxyl groups excluding tert-OH is 1. The van der Waals surface area contributed by atoms with Gasteiger partial charge in [-0.1, -0.05) is 29.4 Å². The average molecular weight is 453 g/mol. The molecule has 33 heavy (non-hydrogen) atoms. The highest BCUT2D eigenvalue weighted by atomic mass is 16.5. The minimum Gasteiger partial charge on any atom is -0.493 e. The monoisotopic (exact) mass is 452 g/mol. The Morgan fingerprint density at radius 2 is 1.82 bits per heavy atom. The fourth-order valence-corrected chi connectivity index (χ4v) is 3.40. The molecule has 0 aliphatic rings. The molecule has 3 rings (SSSR count). The number of nitrogens with one attached hydrogen (secondary N) is 1. The molecule has 3 aromatic rings. The second kappa shape index (κ2) is 12.1. The van der Waals surface area contributed by atoms with Crippen LogP contribution in [0.5, 0.6) is 17.2 Å². The fraction of sp³-hybridized carbons (Fsp3) is 0.346. The van der Waals surface area contributed by atoms with Crippen molar-refractivity contribution in [1.29, 1.82) is 0 Å². The molecule has 0 fully saturated rings. The standard InChI is InChI=1S/C26H32N2O5/c1-18(13-20-9-12-25(30-3)26(15-20)31-4)27-16-22(29)17-32-24-8-6-5-7-21(24)10-11-23-14-19(2)28-33-23/h5-12,14-15,18,22,27,29H,13,16-17H2,1-4H3/b11-10+. The number of hydrogen-bond donors (Lipinski definition) is 2. The summed E-state index contributed by atoms with van der Waals surface area (Å²) in [6, 6.07) is 15.6. The van der Waals surface area contributed by atoms with Crippen LogP contribution in [0.1, 0.15) is 29.5 Å². The van der Waals surface area contributed by atoms with E-state index in [9.17, 15) is 5.11 Å². The molecule has 7 nitrogen and oxygen atoms in total. The highest BCUT2D eigenvalue weighted by Crippen LogP contribution is 2.28. The van der Waals surface area contributed by atoms with E-state index in [2.05, 4.69) is 17.4 Å². The third-order valence-corrected chi connectivity index (χ3v) is 5.12. The molecule has 2 N–H and O–H groups in total. The third kappa shape index (κ3) is 7.37. The van der Waals surface area contributed by atoms with Crippen molar-refractivity contribution < 1.29 is 23.8 Å². The van der Waals surface area contributed by atoms with E-state index >= 15 is 0 Å². The number of benzene rings is 2. The van der Waals surface area contributed by atoms with Crippen molar-refractivity contribution in [3.63, 3.8) is 0 Å². The Labute approximate surface area is 195 Å². The summed E-state index contributed by atoms with van der Waals surface area (Å²) in [5.41, 5.74) is 2.85. The molecule has 0 spiro atoms.